The molecule has 0 saturated heterocycles. The van der Waals surface area contributed by atoms with Gasteiger partial charge in [-0.15, -0.1) is 0 Å². The number of aryl methyl sites for hydroxylation is 2. The normalized spacial score (nSPS) is 10.1. The maximum Gasteiger partial charge on any atom is 0.101 e. The second kappa shape index (κ2) is 5.46. The predicted molar refractivity (Wildman–Crippen MR) is 73.1 cm³/mol. The Morgan fingerprint density at radius 1 is 1.22 bits per heavy atom. The van der Waals surface area contributed by atoms with E-state index in [9.17, 15) is 0 Å². The molecule has 0 aliphatic heterocycles. The maximum atomic E-state index is 8.83. The summed E-state index contributed by atoms with van der Waals surface area (Å²) in [6.45, 7) is 4.17. The van der Waals surface area contributed by atoms with Gasteiger partial charge in [0.25, 0.3) is 0 Å². The molecule has 0 aliphatic rings. The molecule has 90 valence electrons. The first kappa shape index (κ1) is 12.3. The molecule has 0 unspecified atom stereocenters. The smallest absolute Gasteiger partial charge is 0.101 e. The van der Waals surface area contributed by atoms with Crippen LogP contribution < -0.4 is 0 Å². The molecule has 2 heteroatoms. The maximum absolute atomic E-state index is 8.83. The van der Waals surface area contributed by atoms with E-state index in [1.54, 1.807) is 6.20 Å². The summed E-state index contributed by atoms with van der Waals surface area (Å²) >= 11 is 0. The summed E-state index contributed by atoms with van der Waals surface area (Å²) in [6, 6.07) is 12.5. The van der Waals surface area contributed by atoms with Crippen molar-refractivity contribution < 1.29 is 0 Å². The first-order valence-electron chi connectivity index (χ1n) is 6.20. The second-order valence-electron chi connectivity index (χ2n) is 4.45. The van der Waals surface area contributed by atoms with E-state index in [0.29, 0.717) is 5.56 Å². The fraction of sp³-hybridized carbons (Fsp3) is 0.250. The minimum Gasteiger partial charge on any atom is -0.255 e. The van der Waals surface area contributed by atoms with Crippen LogP contribution in [0.3, 0.4) is 0 Å². The van der Waals surface area contributed by atoms with Gasteiger partial charge in [-0.2, -0.15) is 5.26 Å². The summed E-state index contributed by atoms with van der Waals surface area (Å²) in [5.74, 6) is 0. The van der Waals surface area contributed by atoms with Crippen LogP contribution in [0.25, 0.3) is 11.3 Å². The Kier molecular flexibility index (Phi) is 3.74. The molecule has 18 heavy (non-hydrogen) atoms. The van der Waals surface area contributed by atoms with E-state index in [4.69, 9.17) is 5.26 Å². The Hall–Kier alpha value is -2.14. The molecule has 1 aromatic heterocycles. The Morgan fingerprint density at radius 2 is 1.94 bits per heavy atom. The van der Waals surface area contributed by atoms with Crippen molar-refractivity contribution in [3.63, 3.8) is 0 Å². The quantitative estimate of drug-likeness (QED) is 0.810. The Labute approximate surface area is 108 Å². The molecule has 2 rings (SSSR count). The molecule has 2 nitrogen and oxygen atoms in total. The van der Waals surface area contributed by atoms with Crippen LogP contribution in [0.2, 0.25) is 0 Å². The third-order valence-corrected chi connectivity index (χ3v) is 2.97. The molecule has 0 aliphatic carbocycles. The number of hydrogen-bond donors (Lipinski definition) is 0. The van der Waals surface area contributed by atoms with Gasteiger partial charge in [0.05, 0.1) is 11.3 Å². The highest BCUT2D eigenvalue weighted by molar-refractivity contribution is 5.63. The van der Waals surface area contributed by atoms with Crippen LogP contribution in [-0.2, 0) is 6.42 Å². The minimum atomic E-state index is 0.610. The zero-order chi connectivity index (χ0) is 13.0. The fourth-order valence-corrected chi connectivity index (χ4v) is 2.06. The largest absolute Gasteiger partial charge is 0.255 e. The number of rotatable bonds is 3. The molecule has 0 saturated carbocycles. The summed E-state index contributed by atoms with van der Waals surface area (Å²) in [4.78, 5) is 4.37. The lowest BCUT2D eigenvalue weighted by Crippen LogP contribution is -1.91. The van der Waals surface area contributed by atoms with Gasteiger partial charge in [0, 0.05) is 11.8 Å². The van der Waals surface area contributed by atoms with E-state index >= 15 is 0 Å². The van der Waals surface area contributed by atoms with Crippen molar-refractivity contribution >= 4 is 0 Å². The van der Waals surface area contributed by atoms with Gasteiger partial charge in [0.15, 0.2) is 0 Å². The van der Waals surface area contributed by atoms with Crippen LogP contribution in [-0.4, -0.2) is 4.98 Å². The number of aromatic nitrogens is 1. The average Bonchev–Trinajstić information content (AvgIpc) is 2.40. The van der Waals surface area contributed by atoms with Gasteiger partial charge >= 0.3 is 0 Å². The molecule has 0 amide bonds. The molecule has 2 aromatic rings. The summed E-state index contributed by atoms with van der Waals surface area (Å²) in [5.41, 5.74) is 5.07. The molecule has 0 radical (unpaired) electrons. The average molecular weight is 236 g/mol. The summed E-state index contributed by atoms with van der Waals surface area (Å²) in [5, 5.41) is 8.83. The molecular weight excluding hydrogens is 220 g/mol. The molecule has 1 aromatic carbocycles. The Morgan fingerprint density at radius 3 is 2.50 bits per heavy atom. The van der Waals surface area contributed by atoms with Gasteiger partial charge in [-0.05, 0) is 30.5 Å². The van der Waals surface area contributed by atoms with E-state index in [2.05, 4.69) is 42.2 Å². The summed E-state index contributed by atoms with van der Waals surface area (Å²) < 4.78 is 0. The number of nitrogens with zero attached hydrogens (tertiary/aromatic N) is 2. The van der Waals surface area contributed by atoms with E-state index in [-0.39, 0.29) is 0 Å². The highest BCUT2D eigenvalue weighted by Gasteiger charge is 2.04. The molecule has 0 N–H and O–H groups in total. The highest BCUT2D eigenvalue weighted by Crippen LogP contribution is 2.22. The lowest BCUT2D eigenvalue weighted by molar-refractivity contribution is 0.922. The van der Waals surface area contributed by atoms with Crippen molar-refractivity contribution in [2.24, 2.45) is 0 Å². The highest BCUT2D eigenvalue weighted by atomic mass is 14.7. The molecule has 0 bridgehead atoms. The third kappa shape index (κ3) is 2.57. The minimum absolute atomic E-state index is 0.610. The van der Waals surface area contributed by atoms with Crippen LogP contribution in [0.1, 0.15) is 30.0 Å². The van der Waals surface area contributed by atoms with Gasteiger partial charge in [0.2, 0.25) is 0 Å². The van der Waals surface area contributed by atoms with Gasteiger partial charge in [-0.1, -0.05) is 37.6 Å². The molecule has 0 atom stereocenters. The van der Waals surface area contributed by atoms with E-state index < -0.39 is 0 Å². The summed E-state index contributed by atoms with van der Waals surface area (Å²) in [7, 11) is 0. The standard InChI is InChI=1S/C16H16N2/c1-3-4-13-5-7-15(8-6-13)16-12(2)9-14(10-17)11-18-16/h5-9,11H,3-4H2,1-2H3. The first-order chi connectivity index (χ1) is 8.74. The van der Waals surface area contributed by atoms with Gasteiger partial charge < -0.3 is 0 Å². The molecular formula is C16H16N2. The summed E-state index contributed by atoms with van der Waals surface area (Å²) in [6.07, 6.45) is 3.90. The molecule has 0 spiro atoms. The van der Waals surface area contributed by atoms with E-state index in [0.717, 1.165) is 29.7 Å². The SMILES string of the molecule is CCCc1ccc(-c2ncc(C#N)cc2C)cc1. The topological polar surface area (TPSA) is 36.7 Å². The number of nitriles is 1. The van der Waals surface area contributed by atoms with Crippen molar-refractivity contribution in [1.82, 2.24) is 4.98 Å². The van der Waals surface area contributed by atoms with E-state index in [1.165, 1.54) is 5.56 Å². The zero-order valence-electron chi connectivity index (χ0n) is 10.8. The second-order valence-corrected chi connectivity index (χ2v) is 4.45. The monoisotopic (exact) mass is 236 g/mol. The number of hydrogen-bond acceptors (Lipinski definition) is 2. The fourth-order valence-electron chi connectivity index (χ4n) is 2.06. The van der Waals surface area contributed by atoms with Crippen LogP contribution in [0.4, 0.5) is 0 Å². The Balaban J connectivity index is 2.34. The van der Waals surface area contributed by atoms with E-state index in [1.807, 2.05) is 13.0 Å². The predicted octanol–water partition coefficient (Wildman–Crippen LogP) is 3.88. The lowest BCUT2D eigenvalue weighted by Gasteiger charge is -2.06. The van der Waals surface area contributed by atoms with Crippen LogP contribution in [0.5, 0.6) is 0 Å². The van der Waals surface area contributed by atoms with Crippen LogP contribution >= 0.6 is 0 Å². The van der Waals surface area contributed by atoms with Crippen molar-refractivity contribution in [2.75, 3.05) is 0 Å². The van der Waals surface area contributed by atoms with Crippen LogP contribution in [0, 0.1) is 18.3 Å². The van der Waals surface area contributed by atoms with Gasteiger partial charge in [-0.3, -0.25) is 4.98 Å². The van der Waals surface area contributed by atoms with Crippen molar-refractivity contribution in [1.29, 1.82) is 5.26 Å². The van der Waals surface area contributed by atoms with Gasteiger partial charge in [-0.25, -0.2) is 0 Å². The number of pyridine rings is 1. The zero-order valence-corrected chi connectivity index (χ0v) is 10.8. The first-order valence-corrected chi connectivity index (χ1v) is 6.20. The van der Waals surface area contributed by atoms with Crippen molar-refractivity contribution in [2.45, 2.75) is 26.7 Å². The lowest BCUT2D eigenvalue weighted by atomic mass is 10.0. The van der Waals surface area contributed by atoms with Crippen molar-refractivity contribution in [3.8, 4) is 17.3 Å². The molecule has 0 fully saturated rings. The van der Waals surface area contributed by atoms with Crippen molar-refractivity contribution in [3.05, 3.63) is 53.2 Å². The Bertz CT molecular complexity index is 577. The number of benzene rings is 1. The van der Waals surface area contributed by atoms with Gasteiger partial charge in [0.1, 0.15) is 6.07 Å². The third-order valence-electron chi connectivity index (χ3n) is 2.97. The molecule has 1 heterocycles. The van der Waals surface area contributed by atoms with Crippen LogP contribution in [0.15, 0.2) is 36.5 Å².